The van der Waals surface area contributed by atoms with Crippen LogP contribution in [0.2, 0.25) is 0 Å². The summed E-state index contributed by atoms with van der Waals surface area (Å²) in [6.45, 7) is 4.82. The number of carbonyl (C=O) groups is 1. The van der Waals surface area contributed by atoms with Gasteiger partial charge in [-0.2, -0.15) is 5.21 Å². The molecule has 0 aromatic carbocycles. The summed E-state index contributed by atoms with van der Waals surface area (Å²) in [5, 5.41) is 17.1. The largest absolute Gasteiger partial charge is 0.461 e. The van der Waals surface area contributed by atoms with E-state index >= 15 is 4.39 Å². The highest BCUT2D eigenvalue weighted by Crippen LogP contribution is 2.44. The van der Waals surface area contributed by atoms with E-state index in [4.69, 9.17) is 4.74 Å². The number of alkyl halides is 1. The molecule has 0 amide bonds. The van der Waals surface area contributed by atoms with Crippen molar-refractivity contribution in [1.29, 1.82) is 0 Å². The van der Waals surface area contributed by atoms with Crippen LogP contribution in [0.15, 0.2) is 0 Å². The van der Waals surface area contributed by atoms with E-state index in [-0.39, 0.29) is 24.0 Å². The fraction of sp³-hybridized carbons (Fsp3) is 0.889. The lowest BCUT2D eigenvalue weighted by Gasteiger charge is -2.44. The van der Waals surface area contributed by atoms with Gasteiger partial charge >= 0.3 is 5.97 Å². The Labute approximate surface area is 153 Å². The number of nitrogens with one attached hydrogen (secondary N) is 2. The van der Waals surface area contributed by atoms with Crippen molar-refractivity contribution in [3.8, 4) is 0 Å². The van der Waals surface area contributed by atoms with E-state index in [9.17, 15) is 4.79 Å². The zero-order valence-corrected chi connectivity index (χ0v) is 15.7. The van der Waals surface area contributed by atoms with E-state index in [1.54, 1.807) is 0 Å². The molecular weight excluding hydrogens is 337 g/mol. The van der Waals surface area contributed by atoms with Gasteiger partial charge in [-0.3, -0.25) is 4.79 Å². The van der Waals surface area contributed by atoms with Crippen LogP contribution < -0.4 is 5.32 Å². The van der Waals surface area contributed by atoms with Crippen molar-refractivity contribution in [2.75, 3.05) is 6.54 Å². The van der Waals surface area contributed by atoms with Crippen molar-refractivity contribution in [1.82, 2.24) is 25.9 Å². The van der Waals surface area contributed by atoms with Crippen molar-refractivity contribution in [3.05, 3.63) is 5.82 Å². The van der Waals surface area contributed by atoms with Gasteiger partial charge in [0.2, 0.25) is 0 Å². The molecule has 0 unspecified atom stereocenters. The third kappa shape index (κ3) is 4.58. The monoisotopic (exact) mass is 367 g/mol. The van der Waals surface area contributed by atoms with E-state index in [1.165, 1.54) is 0 Å². The van der Waals surface area contributed by atoms with Crippen LogP contribution in [-0.2, 0) is 16.0 Å². The van der Waals surface area contributed by atoms with Gasteiger partial charge in [0.25, 0.3) is 0 Å². The summed E-state index contributed by atoms with van der Waals surface area (Å²) in [6.07, 6.45) is 5.11. The number of hydrogen-bond donors (Lipinski definition) is 2. The third-order valence-electron chi connectivity index (χ3n) is 6.09. The van der Waals surface area contributed by atoms with Crippen molar-refractivity contribution >= 4 is 5.97 Å². The number of H-pyrrole nitrogens is 1. The van der Waals surface area contributed by atoms with Gasteiger partial charge in [-0.25, -0.2) is 4.39 Å². The maximum Gasteiger partial charge on any atom is 0.323 e. The van der Waals surface area contributed by atoms with Crippen LogP contribution in [-0.4, -0.2) is 51.0 Å². The highest BCUT2D eigenvalue weighted by Gasteiger charge is 2.44. The lowest BCUT2D eigenvalue weighted by atomic mass is 9.67. The number of aryl methyl sites for hydroxylation is 1. The quantitative estimate of drug-likeness (QED) is 0.719. The van der Waals surface area contributed by atoms with Gasteiger partial charge in [-0.1, -0.05) is 19.1 Å². The molecule has 7 nitrogen and oxygen atoms in total. The van der Waals surface area contributed by atoms with E-state index in [0.717, 1.165) is 25.8 Å². The summed E-state index contributed by atoms with van der Waals surface area (Å²) in [5.41, 5.74) is -1.21. The SMILES string of the molecule is CCC(CC)OC(=O)[C@@H]1C[C@H]2C[C@@](F)(CCc3nn[nH]n3)CC[C@H]2CN1. The predicted octanol–water partition coefficient (Wildman–Crippen LogP) is 2.35. The first-order chi connectivity index (χ1) is 12.5. The van der Waals surface area contributed by atoms with Crippen molar-refractivity contribution in [2.45, 2.75) is 83.0 Å². The number of halogens is 1. The molecule has 1 aromatic rings. The van der Waals surface area contributed by atoms with Crippen molar-refractivity contribution in [2.24, 2.45) is 11.8 Å². The van der Waals surface area contributed by atoms with E-state index < -0.39 is 5.67 Å². The van der Waals surface area contributed by atoms with Gasteiger partial charge in [0.1, 0.15) is 17.8 Å². The van der Waals surface area contributed by atoms with Crippen LogP contribution >= 0.6 is 0 Å². The minimum atomic E-state index is -1.21. The summed E-state index contributed by atoms with van der Waals surface area (Å²) in [5.74, 6) is 1.04. The Balaban J connectivity index is 1.54. The third-order valence-corrected chi connectivity index (χ3v) is 6.09. The minimum Gasteiger partial charge on any atom is -0.461 e. The molecule has 1 aliphatic heterocycles. The van der Waals surface area contributed by atoms with Crippen LogP contribution in [0.25, 0.3) is 0 Å². The fourth-order valence-electron chi connectivity index (χ4n) is 4.38. The Hall–Kier alpha value is -1.57. The molecular formula is C18H30FN5O2. The average Bonchev–Trinajstić information content (AvgIpc) is 3.17. The molecule has 4 atom stereocenters. The van der Waals surface area contributed by atoms with Gasteiger partial charge in [0.15, 0.2) is 5.82 Å². The molecule has 1 saturated carbocycles. The topological polar surface area (TPSA) is 92.8 Å². The number of piperidine rings is 1. The molecule has 3 rings (SSSR count). The normalized spacial score (nSPS) is 31.6. The second-order valence-electron chi connectivity index (χ2n) is 7.81. The Morgan fingerprint density at radius 2 is 2.19 bits per heavy atom. The number of aromatic amines is 1. The summed E-state index contributed by atoms with van der Waals surface area (Å²) < 4.78 is 21.0. The summed E-state index contributed by atoms with van der Waals surface area (Å²) in [7, 11) is 0. The molecule has 0 bridgehead atoms. The molecule has 1 aromatic heterocycles. The van der Waals surface area contributed by atoms with Crippen molar-refractivity contribution < 1.29 is 13.9 Å². The zero-order chi connectivity index (χ0) is 18.6. The van der Waals surface area contributed by atoms with Gasteiger partial charge in [0.05, 0.1) is 0 Å². The lowest BCUT2D eigenvalue weighted by molar-refractivity contribution is -0.154. The number of aromatic nitrogens is 4. The maximum atomic E-state index is 15.4. The maximum absolute atomic E-state index is 15.4. The Morgan fingerprint density at radius 1 is 1.38 bits per heavy atom. The first-order valence-electron chi connectivity index (χ1n) is 9.88. The van der Waals surface area contributed by atoms with Crippen LogP contribution in [0, 0.1) is 11.8 Å². The fourth-order valence-corrected chi connectivity index (χ4v) is 4.38. The smallest absolute Gasteiger partial charge is 0.323 e. The number of nitrogens with zero attached hydrogens (tertiary/aromatic N) is 3. The van der Waals surface area contributed by atoms with E-state index in [0.29, 0.717) is 43.8 Å². The molecule has 2 aliphatic rings. The number of rotatable bonds is 7. The minimum absolute atomic E-state index is 0.0244. The number of ether oxygens (including phenoxy) is 1. The number of carbonyl (C=O) groups excluding carboxylic acids is 1. The lowest BCUT2D eigenvalue weighted by Crippen LogP contribution is -2.52. The molecule has 146 valence electrons. The standard InChI is InChI=1S/C18H30FN5O2/c1-3-14(4-2)26-17(25)15-9-13-10-18(19,7-5-12(13)11-20-15)8-6-16-21-23-24-22-16/h12-15,20H,3-11H2,1-2H3,(H,21,22,23,24)/t12-,13-,15-,18-/m0/s1. The number of tetrazole rings is 1. The van der Waals surface area contributed by atoms with Crippen LogP contribution in [0.1, 0.15) is 64.6 Å². The van der Waals surface area contributed by atoms with Crippen LogP contribution in [0.4, 0.5) is 4.39 Å². The second kappa shape index (κ2) is 8.41. The van der Waals surface area contributed by atoms with E-state index in [2.05, 4.69) is 25.9 Å². The Bertz CT molecular complexity index is 580. The molecule has 1 saturated heterocycles. The summed E-state index contributed by atoms with van der Waals surface area (Å²) >= 11 is 0. The highest BCUT2D eigenvalue weighted by molar-refractivity contribution is 5.76. The Morgan fingerprint density at radius 3 is 2.88 bits per heavy atom. The first kappa shape index (κ1) is 19.2. The molecule has 2 fully saturated rings. The van der Waals surface area contributed by atoms with Crippen molar-refractivity contribution in [3.63, 3.8) is 0 Å². The van der Waals surface area contributed by atoms with Gasteiger partial charge in [-0.15, -0.1) is 10.2 Å². The number of fused-ring (bicyclic) bond motifs is 1. The average molecular weight is 367 g/mol. The predicted molar refractivity (Wildman–Crippen MR) is 94.0 cm³/mol. The molecule has 1 aliphatic carbocycles. The number of esters is 1. The van der Waals surface area contributed by atoms with Gasteiger partial charge in [0, 0.05) is 6.42 Å². The van der Waals surface area contributed by atoms with Gasteiger partial charge < -0.3 is 10.1 Å². The Kier molecular flexibility index (Phi) is 6.21. The second-order valence-corrected chi connectivity index (χ2v) is 7.81. The van der Waals surface area contributed by atoms with Crippen LogP contribution in [0.5, 0.6) is 0 Å². The van der Waals surface area contributed by atoms with E-state index in [1.807, 2.05) is 13.8 Å². The van der Waals surface area contributed by atoms with Gasteiger partial charge in [-0.05, 0) is 63.3 Å². The molecule has 2 heterocycles. The molecule has 8 heteroatoms. The first-order valence-corrected chi connectivity index (χ1v) is 9.88. The summed E-state index contributed by atoms with van der Waals surface area (Å²) in [4.78, 5) is 12.4. The molecule has 2 N–H and O–H groups in total. The summed E-state index contributed by atoms with van der Waals surface area (Å²) in [6, 6.07) is -0.309. The molecule has 26 heavy (non-hydrogen) atoms. The number of hydrogen-bond acceptors (Lipinski definition) is 6. The molecule has 0 radical (unpaired) electrons. The van der Waals surface area contributed by atoms with Crippen LogP contribution in [0.3, 0.4) is 0 Å². The molecule has 0 spiro atoms. The highest BCUT2D eigenvalue weighted by atomic mass is 19.1. The zero-order valence-electron chi connectivity index (χ0n) is 15.7.